The third kappa shape index (κ3) is 3.97. The van der Waals surface area contributed by atoms with Crippen LogP contribution in [0.25, 0.3) is 11.1 Å². The van der Waals surface area contributed by atoms with E-state index in [9.17, 15) is 15.0 Å². The second kappa shape index (κ2) is 8.25. The van der Waals surface area contributed by atoms with Crippen LogP contribution in [-0.2, 0) is 18.0 Å². The molecule has 3 aromatic carbocycles. The number of aldehydes is 1. The van der Waals surface area contributed by atoms with Gasteiger partial charge in [0.2, 0.25) is 0 Å². The van der Waals surface area contributed by atoms with Gasteiger partial charge in [0.25, 0.3) is 0 Å². The molecule has 0 radical (unpaired) electrons. The maximum absolute atomic E-state index is 11.6. The maximum Gasteiger partial charge on any atom is 0.168 e. The molecule has 0 aliphatic carbocycles. The summed E-state index contributed by atoms with van der Waals surface area (Å²) >= 11 is 5.97. The van der Waals surface area contributed by atoms with Gasteiger partial charge < -0.3 is 14.9 Å². The molecule has 0 atom stereocenters. The smallest absolute Gasteiger partial charge is 0.168 e. The quantitative estimate of drug-likeness (QED) is 0.451. The SMILES string of the molecule is Cc1c(O)c(O)c(C=O)c(COCc2ccccc2)c1-c1ccc(Cl)cc1. The Labute approximate surface area is 162 Å². The predicted molar refractivity (Wildman–Crippen MR) is 105 cm³/mol. The molecule has 0 saturated heterocycles. The standard InChI is InChI=1S/C22H19ClO4/c1-14-20(16-7-9-17(23)10-8-16)19(18(11-24)22(26)21(14)25)13-27-12-15-5-3-2-4-6-15/h2-11,25-26H,12-13H2,1H3. The van der Waals surface area contributed by atoms with Gasteiger partial charge in [0, 0.05) is 16.1 Å². The average Bonchev–Trinajstić information content (AvgIpc) is 2.69. The minimum Gasteiger partial charge on any atom is -0.504 e. The van der Waals surface area contributed by atoms with E-state index in [0.29, 0.717) is 34.6 Å². The van der Waals surface area contributed by atoms with Crippen LogP contribution in [0.4, 0.5) is 0 Å². The number of rotatable bonds is 6. The van der Waals surface area contributed by atoms with Crippen molar-refractivity contribution >= 4 is 17.9 Å². The highest BCUT2D eigenvalue weighted by molar-refractivity contribution is 6.30. The summed E-state index contributed by atoms with van der Waals surface area (Å²) in [5.74, 6) is -0.743. The van der Waals surface area contributed by atoms with Crippen molar-refractivity contribution in [1.82, 2.24) is 0 Å². The summed E-state index contributed by atoms with van der Waals surface area (Å²) in [6.07, 6.45) is 0.537. The number of phenolic OH excluding ortho intramolecular Hbond substituents is 2. The molecule has 0 amide bonds. The molecule has 0 saturated carbocycles. The number of carbonyl (C=O) groups excluding carboxylic acids is 1. The van der Waals surface area contributed by atoms with Crippen molar-refractivity contribution in [1.29, 1.82) is 0 Å². The minimum atomic E-state index is -0.432. The lowest BCUT2D eigenvalue weighted by Crippen LogP contribution is -2.04. The van der Waals surface area contributed by atoms with Gasteiger partial charge in [-0.25, -0.2) is 0 Å². The first-order valence-corrected chi connectivity index (χ1v) is 8.81. The second-order valence-electron chi connectivity index (χ2n) is 6.19. The summed E-state index contributed by atoms with van der Waals surface area (Å²) in [5.41, 5.74) is 3.44. The number of hydrogen-bond acceptors (Lipinski definition) is 4. The molecule has 0 aliphatic heterocycles. The molecular formula is C22H19ClO4. The fourth-order valence-corrected chi connectivity index (χ4v) is 3.18. The summed E-state index contributed by atoms with van der Waals surface area (Å²) in [4.78, 5) is 11.6. The third-order valence-electron chi connectivity index (χ3n) is 4.45. The Bertz CT molecular complexity index is 951. The molecule has 4 nitrogen and oxygen atoms in total. The van der Waals surface area contributed by atoms with Gasteiger partial charge in [0.15, 0.2) is 17.8 Å². The molecule has 138 valence electrons. The molecule has 0 aliphatic rings. The maximum atomic E-state index is 11.6. The van der Waals surface area contributed by atoms with Crippen molar-refractivity contribution in [3.8, 4) is 22.6 Å². The van der Waals surface area contributed by atoms with Gasteiger partial charge in [0.1, 0.15) is 0 Å². The Kier molecular flexibility index (Phi) is 5.79. The summed E-state index contributed by atoms with van der Waals surface area (Å²) in [6, 6.07) is 16.7. The van der Waals surface area contributed by atoms with E-state index in [4.69, 9.17) is 16.3 Å². The molecule has 0 bridgehead atoms. The van der Waals surface area contributed by atoms with E-state index in [0.717, 1.165) is 11.1 Å². The van der Waals surface area contributed by atoms with Crippen LogP contribution in [0.2, 0.25) is 5.02 Å². The molecule has 3 aromatic rings. The number of ether oxygens (including phenoxy) is 1. The van der Waals surface area contributed by atoms with Gasteiger partial charge in [-0.1, -0.05) is 54.1 Å². The Morgan fingerprint density at radius 2 is 1.63 bits per heavy atom. The summed E-state index contributed by atoms with van der Waals surface area (Å²) in [7, 11) is 0. The Hall–Kier alpha value is -2.82. The number of benzene rings is 3. The monoisotopic (exact) mass is 382 g/mol. The lowest BCUT2D eigenvalue weighted by atomic mass is 9.90. The number of halogens is 1. The zero-order valence-corrected chi connectivity index (χ0v) is 15.5. The zero-order valence-electron chi connectivity index (χ0n) is 14.8. The first kappa shape index (κ1) is 19.0. The van der Waals surface area contributed by atoms with E-state index in [2.05, 4.69) is 0 Å². The van der Waals surface area contributed by atoms with Crippen LogP contribution < -0.4 is 0 Å². The van der Waals surface area contributed by atoms with E-state index in [1.165, 1.54) is 0 Å². The molecule has 0 heterocycles. The molecule has 2 N–H and O–H groups in total. The minimum absolute atomic E-state index is 0.0242. The zero-order chi connectivity index (χ0) is 19.4. The van der Waals surface area contributed by atoms with Crippen molar-refractivity contribution in [2.45, 2.75) is 20.1 Å². The van der Waals surface area contributed by atoms with Crippen molar-refractivity contribution in [2.24, 2.45) is 0 Å². The largest absolute Gasteiger partial charge is 0.504 e. The fourth-order valence-electron chi connectivity index (χ4n) is 3.06. The molecule has 27 heavy (non-hydrogen) atoms. The van der Waals surface area contributed by atoms with Crippen LogP contribution in [-0.4, -0.2) is 16.5 Å². The predicted octanol–water partition coefficient (Wildman–Crippen LogP) is 5.26. The van der Waals surface area contributed by atoms with Gasteiger partial charge in [-0.15, -0.1) is 0 Å². The van der Waals surface area contributed by atoms with Gasteiger partial charge in [0.05, 0.1) is 18.8 Å². The van der Waals surface area contributed by atoms with Gasteiger partial charge in [-0.3, -0.25) is 4.79 Å². The van der Waals surface area contributed by atoms with Crippen LogP contribution >= 0.6 is 11.6 Å². The molecular weight excluding hydrogens is 364 g/mol. The fraction of sp³-hybridized carbons (Fsp3) is 0.136. The first-order chi connectivity index (χ1) is 13.0. The molecule has 0 fully saturated rings. The lowest BCUT2D eigenvalue weighted by molar-refractivity contribution is 0.103. The van der Waals surface area contributed by atoms with Crippen LogP contribution in [0.3, 0.4) is 0 Å². The molecule has 0 unspecified atom stereocenters. The van der Waals surface area contributed by atoms with Gasteiger partial charge >= 0.3 is 0 Å². The van der Waals surface area contributed by atoms with Crippen LogP contribution in [0.5, 0.6) is 11.5 Å². The topological polar surface area (TPSA) is 66.8 Å². The van der Waals surface area contributed by atoms with E-state index < -0.39 is 5.75 Å². The van der Waals surface area contributed by atoms with Crippen molar-refractivity contribution in [2.75, 3.05) is 0 Å². The molecule has 5 heteroatoms. The van der Waals surface area contributed by atoms with Crippen molar-refractivity contribution < 1.29 is 19.7 Å². The highest BCUT2D eigenvalue weighted by Gasteiger charge is 2.22. The Balaban J connectivity index is 2.03. The molecule has 3 rings (SSSR count). The third-order valence-corrected chi connectivity index (χ3v) is 4.70. The number of carbonyl (C=O) groups is 1. The van der Waals surface area contributed by atoms with Gasteiger partial charge in [-0.05, 0) is 35.7 Å². The number of hydrogen-bond donors (Lipinski definition) is 2. The summed E-state index contributed by atoms with van der Waals surface area (Å²) in [5, 5.41) is 21.1. The molecule has 0 spiro atoms. The number of aromatic hydroxyl groups is 2. The van der Waals surface area contributed by atoms with Crippen molar-refractivity contribution in [3.05, 3.63) is 81.9 Å². The lowest BCUT2D eigenvalue weighted by Gasteiger charge is -2.18. The van der Waals surface area contributed by atoms with Crippen LogP contribution in [0, 0.1) is 6.92 Å². The van der Waals surface area contributed by atoms with E-state index in [1.807, 2.05) is 30.3 Å². The highest BCUT2D eigenvalue weighted by atomic mass is 35.5. The van der Waals surface area contributed by atoms with Crippen molar-refractivity contribution in [3.63, 3.8) is 0 Å². The first-order valence-electron chi connectivity index (χ1n) is 8.43. The van der Waals surface area contributed by atoms with Crippen LogP contribution in [0.15, 0.2) is 54.6 Å². The Morgan fingerprint density at radius 1 is 0.963 bits per heavy atom. The molecule has 0 aromatic heterocycles. The Morgan fingerprint density at radius 3 is 2.26 bits per heavy atom. The summed E-state index contributed by atoms with van der Waals surface area (Å²) < 4.78 is 5.81. The normalized spacial score (nSPS) is 10.7. The second-order valence-corrected chi connectivity index (χ2v) is 6.63. The van der Waals surface area contributed by atoms with Crippen LogP contribution in [0.1, 0.15) is 27.0 Å². The average molecular weight is 383 g/mol. The highest BCUT2D eigenvalue weighted by Crippen LogP contribution is 2.42. The van der Waals surface area contributed by atoms with E-state index >= 15 is 0 Å². The van der Waals surface area contributed by atoms with E-state index in [1.54, 1.807) is 31.2 Å². The van der Waals surface area contributed by atoms with E-state index in [-0.39, 0.29) is 17.9 Å². The number of phenols is 2. The van der Waals surface area contributed by atoms with Gasteiger partial charge in [-0.2, -0.15) is 0 Å². The summed E-state index contributed by atoms with van der Waals surface area (Å²) in [6.45, 7) is 2.16.